The van der Waals surface area contributed by atoms with Gasteiger partial charge in [0.25, 0.3) is 5.78 Å². The minimum atomic E-state index is -0.793. The number of aryl methyl sites for hydroxylation is 3. The molecule has 4 aromatic rings. The predicted octanol–water partition coefficient (Wildman–Crippen LogP) is 6.12. The van der Waals surface area contributed by atoms with E-state index in [2.05, 4.69) is 4.98 Å². The number of aliphatic hydroxyl groups is 1. The van der Waals surface area contributed by atoms with Crippen molar-refractivity contribution < 1.29 is 19.4 Å². The third kappa shape index (κ3) is 4.00. The maximum atomic E-state index is 13.5. The third-order valence-electron chi connectivity index (χ3n) is 7.21. The Morgan fingerprint density at radius 3 is 2.62 bits per heavy atom. The number of ether oxygens (including phenoxy) is 1. The summed E-state index contributed by atoms with van der Waals surface area (Å²) in [5.41, 5.74) is 5.57. The standard InChI is InChI=1S/C30H26N2O4S/c1-17-6-5-9-20(14-17)26-25(27(33)21-11-10-18-7-3-4-8-19(18)15-21)28(34)29(35)32(26)30-31-23-13-12-22(36-2)16-24(23)37-30/h5-6,9-16,26,33H,3-4,7-8H2,1-2H3/b27-25+. The maximum Gasteiger partial charge on any atom is 0.301 e. The second-order valence-corrected chi connectivity index (χ2v) is 10.6. The van der Waals surface area contributed by atoms with Crippen LogP contribution in [0.2, 0.25) is 0 Å². The van der Waals surface area contributed by atoms with E-state index >= 15 is 0 Å². The highest BCUT2D eigenvalue weighted by molar-refractivity contribution is 7.22. The highest BCUT2D eigenvalue weighted by atomic mass is 32.1. The number of methoxy groups -OCH3 is 1. The number of carbonyl (C=O) groups is 2. The number of thiazole rings is 1. The molecule has 1 fully saturated rings. The smallest absolute Gasteiger partial charge is 0.301 e. The van der Waals surface area contributed by atoms with Crippen LogP contribution in [-0.2, 0) is 22.4 Å². The molecule has 0 bridgehead atoms. The monoisotopic (exact) mass is 510 g/mol. The van der Waals surface area contributed by atoms with Crippen LogP contribution in [-0.4, -0.2) is 28.9 Å². The lowest BCUT2D eigenvalue weighted by atomic mass is 9.88. The number of carbonyl (C=O) groups excluding carboxylic acids is 2. The molecule has 0 radical (unpaired) electrons. The first-order valence-electron chi connectivity index (χ1n) is 12.4. The summed E-state index contributed by atoms with van der Waals surface area (Å²) in [6, 6.07) is 18.2. The second kappa shape index (κ2) is 9.16. The summed E-state index contributed by atoms with van der Waals surface area (Å²) in [6.45, 7) is 1.96. The van der Waals surface area contributed by atoms with Crippen LogP contribution in [0.4, 0.5) is 5.13 Å². The number of nitrogens with zero attached hydrogens (tertiary/aromatic N) is 2. The van der Waals surface area contributed by atoms with E-state index < -0.39 is 17.7 Å². The van der Waals surface area contributed by atoms with Gasteiger partial charge in [-0.25, -0.2) is 4.98 Å². The Morgan fingerprint density at radius 2 is 1.84 bits per heavy atom. The Hall–Kier alpha value is -3.97. The molecule has 6 rings (SSSR count). The van der Waals surface area contributed by atoms with Crippen molar-refractivity contribution in [2.45, 2.75) is 38.6 Å². The number of rotatable bonds is 4. The molecule has 1 aliphatic heterocycles. The first-order valence-corrected chi connectivity index (χ1v) is 13.2. The third-order valence-corrected chi connectivity index (χ3v) is 8.23. The minimum absolute atomic E-state index is 0.0863. The van der Waals surface area contributed by atoms with Crippen LogP contribution in [0.25, 0.3) is 16.0 Å². The van der Waals surface area contributed by atoms with E-state index in [0.29, 0.717) is 22.0 Å². The number of hydrogen-bond acceptors (Lipinski definition) is 6. The number of amides is 1. The maximum absolute atomic E-state index is 13.5. The Bertz CT molecular complexity index is 1600. The number of anilines is 1. The minimum Gasteiger partial charge on any atom is -0.507 e. The fraction of sp³-hybridized carbons (Fsp3) is 0.233. The van der Waals surface area contributed by atoms with Gasteiger partial charge in [-0.2, -0.15) is 0 Å². The molecular weight excluding hydrogens is 484 g/mol. The number of Topliss-reactive ketones (excluding diaryl/α,β-unsaturated/α-hetero) is 1. The lowest BCUT2D eigenvalue weighted by Crippen LogP contribution is -2.29. The van der Waals surface area contributed by atoms with Crippen LogP contribution in [0.15, 0.2) is 66.2 Å². The van der Waals surface area contributed by atoms with Crippen molar-refractivity contribution in [3.05, 3.63) is 94.1 Å². The summed E-state index contributed by atoms with van der Waals surface area (Å²) in [7, 11) is 1.60. The van der Waals surface area contributed by atoms with Gasteiger partial charge < -0.3 is 9.84 Å². The summed E-state index contributed by atoms with van der Waals surface area (Å²) < 4.78 is 6.18. The van der Waals surface area contributed by atoms with Gasteiger partial charge >= 0.3 is 5.91 Å². The van der Waals surface area contributed by atoms with E-state index in [-0.39, 0.29) is 11.3 Å². The molecule has 37 heavy (non-hydrogen) atoms. The summed E-state index contributed by atoms with van der Waals surface area (Å²) >= 11 is 1.32. The lowest BCUT2D eigenvalue weighted by Gasteiger charge is -2.23. The van der Waals surface area contributed by atoms with Crippen molar-refractivity contribution in [2.75, 3.05) is 12.0 Å². The number of ketones is 1. The molecule has 2 heterocycles. The Labute approximate surface area is 218 Å². The number of aromatic nitrogens is 1. The fourth-order valence-electron chi connectivity index (χ4n) is 5.34. The number of hydrogen-bond donors (Lipinski definition) is 1. The van der Waals surface area contributed by atoms with E-state index in [0.717, 1.165) is 41.5 Å². The van der Waals surface area contributed by atoms with Gasteiger partial charge in [0, 0.05) is 5.56 Å². The van der Waals surface area contributed by atoms with Crippen molar-refractivity contribution in [3.8, 4) is 5.75 Å². The average molecular weight is 511 g/mol. The largest absolute Gasteiger partial charge is 0.507 e. The van der Waals surface area contributed by atoms with Gasteiger partial charge in [0.15, 0.2) is 5.13 Å². The molecule has 1 amide bonds. The van der Waals surface area contributed by atoms with Gasteiger partial charge in [0.05, 0.1) is 28.9 Å². The topological polar surface area (TPSA) is 79.7 Å². The van der Waals surface area contributed by atoms with Gasteiger partial charge in [-0.1, -0.05) is 53.3 Å². The normalized spacial score (nSPS) is 18.9. The molecule has 6 nitrogen and oxygen atoms in total. The fourth-order valence-corrected chi connectivity index (χ4v) is 6.37. The zero-order valence-corrected chi connectivity index (χ0v) is 21.5. The highest BCUT2D eigenvalue weighted by Crippen LogP contribution is 2.45. The van der Waals surface area contributed by atoms with Gasteiger partial charge in [-0.05, 0) is 73.6 Å². The molecule has 1 saturated heterocycles. The van der Waals surface area contributed by atoms with E-state index in [1.165, 1.54) is 27.4 Å². The molecule has 0 spiro atoms. The predicted molar refractivity (Wildman–Crippen MR) is 145 cm³/mol. The Kier molecular flexibility index (Phi) is 5.80. The van der Waals surface area contributed by atoms with Crippen molar-refractivity contribution >= 4 is 44.1 Å². The summed E-state index contributed by atoms with van der Waals surface area (Å²) in [5, 5.41) is 11.9. The Morgan fingerprint density at radius 1 is 1.03 bits per heavy atom. The van der Waals surface area contributed by atoms with Crippen molar-refractivity contribution in [2.24, 2.45) is 0 Å². The molecule has 2 aliphatic rings. The van der Waals surface area contributed by atoms with Crippen LogP contribution in [0.1, 0.15) is 46.7 Å². The molecule has 1 aromatic heterocycles. The zero-order valence-electron chi connectivity index (χ0n) is 20.7. The van der Waals surface area contributed by atoms with Crippen LogP contribution in [0.5, 0.6) is 5.75 Å². The van der Waals surface area contributed by atoms with Crippen LogP contribution in [0.3, 0.4) is 0 Å². The van der Waals surface area contributed by atoms with Gasteiger partial charge in [0.1, 0.15) is 11.5 Å². The van der Waals surface area contributed by atoms with E-state index in [9.17, 15) is 14.7 Å². The molecule has 7 heteroatoms. The number of aliphatic hydroxyl groups excluding tert-OH is 1. The molecule has 3 aromatic carbocycles. The van der Waals surface area contributed by atoms with Gasteiger partial charge in [-0.3, -0.25) is 14.5 Å². The van der Waals surface area contributed by atoms with Crippen LogP contribution < -0.4 is 9.64 Å². The summed E-state index contributed by atoms with van der Waals surface area (Å²) in [6.07, 6.45) is 4.23. The zero-order chi connectivity index (χ0) is 25.7. The summed E-state index contributed by atoms with van der Waals surface area (Å²) in [4.78, 5) is 33.2. The lowest BCUT2D eigenvalue weighted by molar-refractivity contribution is -0.132. The molecule has 1 aliphatic carbocycles. The number of fused-ring (bicyclic) bond motifs is 2. The van der Waals surface area contributed by atoms with E-state index in [4.69, 9.17) is 4.74 Å². The average Bonchev–Trinajstić information content (AvgIpc) is 3.45. The number of benzene rings is 3. The SMILES string of the molecule is COc1ccc2nc(N3C(=O)C(=O)/C(=C(/O)c4ccc5c(c4)CCCC5)C3c3cccc(C)c3)sc2c1. The van der Waals surface area contributed by atoms with Crippen molar-refractivity contribution in [1.82, 2.24) is 4.98 Å². The molecule has 1 atom stereocenters. The quantitative estimate of drug-likeness (QED) is 0.203. The van der Waals surface area contributed by atoms with Gasteiger partial charge in [0.2, 0.25) is 0 Å². The van der Waals surface area contributed by atoms with E-state index in [1.54, 1.807) is 7.11 Å². The molecule has 1 N–H and O–H groups in total. The van der Waals surface area contributed by atoms with Crippen molar-refractivity contribution in [1.29, 1.82) is 0 Å². The van der Waals surface area contributed by atoms with Gasteiger partial charge in [-0.15, -0.1) is 0 Å². The van der Waals surface area contributed by atoms with Crippen molar-refractivity contribution in [3.63, 3.8) is 0 Å². The van der Waals surface area contributed by atoms with Crippen LogP contribution >= 0.6 is 11.3 Å². The summed E-state index contributed by atoms with van der Waals surface area (Å²) in [5.74, 6) is -0.869. The Balaban J connectivity index is 1.53. The second-order valence-electron chi connectivity index (χ2n) is 9.60. The first kappa shape index (κ1) is 23.4. The molecule has 186 valence electrons. The molecule has 1 unspecified atom stereocenters. The van der Waals surface area contributed by atoms with Crippen LogP contribution in [0, 0.1) is 6.92 Å². The molecule has 0 saturated carbocycles. The molecular formula is C30H26N2O4S. The first-order chi connectivity index (χ1) is 17.9. The van der Waals surface area contributed by atoms with E-state index in [1.807, 2.05) is 67.6 Å². The highest BCUT2D eigenvalue weighted by Gasteiger charge is 2.48.